The molecule has 1 unspecified atom stereocenters. The van der Waals surface area contributed by atoms with Crippen molar-refractivity contribution >= 4 is 0 Å². The molecular weight excluding hydrogens is 162 g/mol. The lowest BCUT2D eigenvalue weighted by Crippen LogP contribution is -2.32. The van der Waals surface area contributed by atoms with Gasteiger partial charge in [0.15, 0.2) is 0 Å². The molecule has 0 spiro atoms. The summed E-state index contributed by atoms with van der Waals surface area (Å²) in [5.41, 5.74) is 0. The largest absolute Gasteiger partial charge is 0.395 e. The normalized spacial score (nSPS) is 22.6. The molecule has 0 amide bonds. The molecule has 13 heavy (non-hydrogen) atoms. The molecule has 2 heteroatoms. The third kappa shape index (κ3) is 4.63. The molecule has 0 aromatic heterocycles. The van der Waals surface area contributed by atoms with Gasteiger partial charge in [-0.15, -0.1) is 0 Å². The average molecular weight is 187 g/mol. The second kappa shape index (κ2) is 8.52. The van der Waals surface area contributed by atoms with Crippen molar-refractivity contribution in [2.24, 2.45) is 0 Å². The quantitative estimate of drug-likeness (QED) is 0.730. The number of hydrogen-bond donors (Lipinski definition) is 1. The molecule has 1 rings (SSSR count). The number of aliphatic hydroxyl groups is 1. The second-order valence-corrected chi connectivity index (χ2v) is 3.37. The zero-order valence-electron chi connectivity index (χ0n) is 9.42. The van der Waals surface area contributed by atoms with Crippen LogP contribution < -0.4 is 0 Å². The molecule has 0 saturated carbocycles. The first-order valence-electron chi connectivity index (χ1n) is 5.73. The number of rotatable bonds is 4. The maximum Gasteiger partial charge on any atom is 0.0586 e. The molecule has 1 aliphatic heterocycles. The van der Waals surface area contributed by atoms with Crippen LogP contribution in [0.3, 0.4) is 0 Å². The molecule has 2 nitrogen and oxygen atoms in total. The smallest absolute Gasteiger partial charge is 0.0586 e. The van der Waals surface area contributed by atoms with E-state index in [1.807, 2.05) is 13.8 Å². The van der Waals surface area contributed by atoms with Crippen LogP contribution in [0.4, 0.5) is 0 Å². The van der Waals surface area contributed by atoms with Gasteiger partial charge in [-0.05, 0) is 32.4 Å². The summed E-state index contributed by atoms with van der Waals surface area (Å²) < 4.78 is 0. The molecule has 0 bridgehead atoms. The summed E-state index contributed by atoms with van der Waals surface area (Å²) in [6.45, 7) is 8.95. The van der Waals surface area contributed by atoms with Crippen molar-refractivity contribution in [3.63, 3.8) is 0 Å². The van der Waals surface area contributed by atoms with E-state index in [4.69, 9.17) is 5.11 Å². The zero-order chi connectivity index (χ0) is 10.1. The highest BCUT2D eigenvalue weighted by atomic mass is 16.3. The minimum absolute atomic E-state index is 0.351. The van der Waals surface area contributed by atoms with Gasteiger partial charge >= 0.3 is 0 Å². The van der Waals surface area contributed by atoms with Crippen molar-refractivity contribution in [3.05, 3.63) is 0 Å². The van der Waals surface area contributed by atoms with Crippen molar-refractivity contribution in [2.45, 2.75) is 52.5 Å². The van der Waals surface area contributed by atoms with E-state index in [1.165, 1.54) is 38.8 Å². The fraction of sp³-hybridized carbons (Fsp3) is 1.00. The van der Waals surface area contributed by atoms with Crippen molar-refractivity contribution in [1.82, 2.24) is 4.90 Å². The Labute approximate surface area is 82.9 Å². The first-order valence-corrected chi connectivity index (χ1v) is 5.73. The van der Waals surface area contributed by atoms with Gasteiger partial charge in [0.05, 0.1) is 6.61 Å². The molecule has 1 aliphatic rings. The molecule has 1 heterocycles. The van der Waals surface area contributed by atoms with Crippen LogP contribution in [0.2, 0.25) is 0 Å². The van der Waals surface area contributed by atoms with Gasteiger partial charge in [0.2, 0.25) is 0 Å². The molecule has 1 N–H and O–H groups in total. The van der Waals surface area contributed by atoms with E-state index >= 15 is 0 Å². The van der Waals surface area contributed by atoms with Crippen LogP contribution >= 0.6 is 0 Å². The summed E-state index contributed by atoms with van der Waals surface area (Å²) in [4.78, 5) is 2.42. The Bertz CT molecular complexity index is 106. The van der Waals surface area contributed by atoms with Gasteiger partial charge in [0, 0.05) is 6.04 Å². The monoisotopic (exact) mass is 187 g/mol. The molecule has 0 aromatic rings. The number of nitrogens with zero attached hydrogens (tertiary/aromatic N) is 1. The molecule has 0 aromatic carbocycles. The van der Waals surface area contributed by atoms with Gasteiger partial charge in [0.1, 0.15) is 0 Å². The Morgan fingerprint density at radius 3 is 2.62 bits per heavy atom. The maximum atomic E-state index is 8.99. The molecule has 1 saturated heterocycles. The lowest BCUT2D eigenvalue weighted by molar-refractivity contribution is 0.157. The predicted molar refractivity (Wildman–Crippen MR) is 57.9 cm³/mol. The highest BCUT2D eigenvalue weighted by molar-refractivity contribution is 4.77. The van der Waals surface area contributed by atoms with Crippen LogP contribution in [-0.4, -0.2) is 35.7 Å². The van der Waals surface area contributed by atoms with E-state index in [9.17, 15) is 0 Å². The van der Waals surface area contributed by atoms with E-state index in [1.54, 1.807) is 0 Å². The van der Waals surface area contributed by atoms with E-state index < -0.39 is 0 Å². The molecule has 0 aliphatic carbocycles. The average Bonchev–Trinajstić information content (AvgIpc) is 2.65. The maximum absolute atomic E-state index is 8.99. The fourth-order valence-corrected chi connectivity index (χ4v) is 1.76. The molecule has 80 valence electrons. The summed E-state index contributed by atoms with van der Waals surface area (Å²) in [5, 5.41) is 8.99. The Hall–Kier alpha value is -0.0800. The summed E-state index contributed by atoms with van der Waals surface area (Å²) in [5.74, 6) is 0. The topological polar surface area (TPSA) is 23.5 Å². The van der Waals surface area contributed by atoms with Gasteiger partial charge in [-0.25, -0.2) is 0 Å². The third-order valence-electron chi connectivity index (χ3n) is 2.51. The lowest BCUT2D eigenvalue weighted by atomic mass is 10.2. The van der Waals surface area contributed by atoms with Crippen molar-refractivity contribution in [1.29, 1.82) is 0 Å². The third-order valence-corrected chi connectivity index (χ3v) is 2.51. The lowest BCUT2D eigenvalue weighted by Gasteiger charge is -2.21. The SMILES string of the molecule is CC.CCCCN1CCCC1CO. The Morgan fingerprint density at radius 2 is 2.08 bits per heavy atom. The summed E-state index contributed by atoms with van der Waals surface area (Å²) in [7, 11) is 0. The number of unbranched alkanes of at least 4 members (excludes halogenated alkanes) is 1. The summed E-state index contributed by atoms with van der Waals surface area (Å²) in [6.07, 6.45) is 5.00. The van der Waals surface area contributed by atoms with Crippen LogP contribution in [0, 0.1) is 0 Å². The fourth-order valence-electron chi connectivity index (χ4n) is 1.76. The first kappa shape index (κ1) is 12.9. The molecular formula is C11H25NO. The molecule has 0 radical (unpaired) electrons. The van der Waals surface area contributed by atoms with Crippen LogP contribution in [0.25, 0.3) is 0 Å². The minimum Gasteiger partial charge on any atom is -0.395 e. The Morgan fingerprint density at radius 1 is 1.38 bits per heavy atom. The zero-order valence-corrected chi connectivity index (χ0v) is 9.42. The standard InChI is InChI=1S/C9H19NO.C2H6/c1-2-3-6-10-7-4-5-9(10)8-11;1-2/h9,11H,2-8H2,1H3;1-2H3. The number of aliphatic hydroxyl groups excluding tert-OH is 1. The van der Waals surface area contributed by atoms with Crippen LogP contribution in [0.15, 0.2) is 0 Å². The summed E-state index contributed by atoms with van der Waals surface area (Å²) >= 11 is 0. The Kier molecular flexibility index (Phi) is 8.46. The van der Waals surface area contributed by atoms with Crippen LogP contribution in [-0.2, 0) is 0 Å². The molecule has 1 atom stereocenters. The first-order chi connectivity index (χ1) is 6.38. The van der Waals surface area contributed by atoms with E-state index in [2.05, 4.69) is 11.8 Å². The van der Waals surface area contributed by atoms with Crippen LogP contribution in [0.5, 0.6) is 0 Å². The number of likely N-dealkylation sites (tertiary alicyclic amines) is 1. The highest BCUT2D eigenvalue weighted by Crippen LogP contribution is 2.16. The predicted octanol–water partition coefficient (Wildman–Crippen LogP) is 2.27. The van der Waals surface area contributed by atoms with Crippen molar-refractivity contribution in [2.75, 3.05) is 19.7 Å². The summed E-state index contributed by atoms with van der Waals surface area (Å²) in [6, 6.07) is 0.474. The van der Waals surface area contributed by atoms with Gasteiger partial charge in [-0.2, -0.15) is 0 Å². The van der Waals surface area contributed by atoms with Gasteiger partial charge in [-0.1, -0.05) is 27.2 Å². The Balaban J connectivity index is 0.000000671. The van der Waals surface area contributed by atoms with E-state index in [-0.39, 0.29) is 0 Å². The van der Waals surface area contributed by atoms with Gasteiger partial charge in [0.25, 0.3) is 0 Å². The second-order valence-electron chi connectivity index (χ2n) is 3.37. The highest BCUT2D eigenvalue weighted by Gasteiger charge is 2.22. The van der Waals surface area contributed by atoms with Gasteiger partial charge in [-0.3, -0.25) is 4.90 Å². The molecule has 1 fully saturated rings. The van der Waals surface area contributed by atoms with E-state index in [0.717, 1.165) is 0 Å². The van der Waals surface area contributed by atoms with Gasteiger partial charge < -0.3 is 5.11 Å². The minimum atomic E-state index is 0.351. The van der Waals surface area contributed by atoms with E-state index in [0.29, 0.717) is 12.6 Å². The van der Waals surface area contributed by atoms with Crippen LogP contribution in [0.1, 0.15) is 46.5 Å². The number of hydrogen-bond acceptors (Lipinski definition) is 2. The van der Waals surface area contributed by atoms with Crippen molar-refractivity contribution < 1.29 is 5.11 Å². The van der Waals surface area contributed by atoms with Crippen molar-refractivity contribution in [3.8, 4) is 0 Å².